The molecule has 1 N–H and O–H groups in total. The third-order valence-electron chi connectivity index (χ3n) is 3.94. The second-order valence-corrected chi connectivity index (χ2v) is 5.77. The Bertz CT molecular complexity index is 600. The highest BCUT2D eigenvalue weighted by Crippen LogP contribution is 2.38. The first-order valence-electron chi connectivity index (χ1n) is 6.36. The van der Waals surface area contributed by atoms with Crippen molar-refractivity contribution in [3.63, 3.8) is 0 Å². The lowest BCUT2D eigenvalue weighted by molar-refractivity contribution is -0.384. The van der Waals surface area contributed by atoms with E-state index in [-0.39, 0.29) is 16.4 Å². The van der Waals surface area contributed by atoms with Crippen LogP contribution in [0.1, 0.15) is 19.8 Å². The fourth-order valence-electron chi connectivity index (χ4n) is 2.38. The summed E-state index contributed by atoms with van der Waals surface area (Å²) in [6.45, 7) is 2.33. The van der Waals surface area contributed by atoms with Gasteiger partial charge in [-0.3, -0.25) is 14.9 Å². The number of hydrogen-bond acceptors (Lipinski definition) is 4. The first kappa shape index (κ1) is 15.5. The van der Waals surface area contributed by atoms with E-state index in [2.05, 4.69) is 0 Å². The molecule has 8 heteroatoms. The molecule has 0 amide bonds. The number of carboxylic acid groups (broad SMARTS) is 1. The molecule has 0 unspecified atom stereocenters. The van der Waals surface area contributed by atoms with E-state index in [4.69, 9.17) is 11.6 Å². The van der Waals surface area contributed by atoms with Crippen molar-refractivity contribution >= 4 is 28.9 Å². The van der Waals surface area contributed by atoms with Gasteiger partial charge < -0.3 is 10.0 Å². The van der Waals surface area contributed by atoms with Crippen LogP contribution < -0.4 is 4.90 Å². The molecule has 0 aromatic heterocycles. The number of piperidine rings is 1. The van der Waals surface area contributed by atoms with Crippen LogP contribution in [-0.2, 0) is 4.79 Å². The Morgan fingerprint density at radius 2 is 2.05 bits per heavy atom. The minimum atomic E-state index is -0.881. The van der Waals surface area contributed by atoms with Crippen molar-refractivity contribution in [3.05, 3.63) is 33.1 Å². The summed E-state index contributed by atoms with van der Waals surface area (Å²) in [6, 6.07) is 2.01. The SMILES string of the molecule is CC1(C(=O)O)CCN(c2cc(Cl)c(F)cc2[N+](=O)[O-])CC1. The van der Waals surface area contributed by atoms with Gasteiger partial charge in [0.15, 0.2) is 0 Å². The van der Waals surface area contributed by atoms with Gasteiger partial charge in [-0.05, 0) is 25.8 Å². The number of nitro benzene ring substituents is 1. The van der Waals surface area contributed by atoms with Gasteiger partial charge >= 0.3 is 5.97 Å². The summed E-state index contributed by atoms with van der Waals surface area (Å²) in [4.78, 5) is 23.2. The molecule has 1 fully saturated rings. The van der Waals surface area contributed by atoms with Gasteiger partial charge in [0.2, 0.25) is 0 Å². The van der Waals surface area contributed by atoms with Crippen LogP contribution in [0.25, 0.3) is 0 Å². The molecule has 0 saturated carbocycles. The summed E-state index contributed by atoms with van der Waals surface area (Å²) in [5.41, 5.74) is -0.982. The molecular formula is C13H14ClFN2O4. The fraction of sp³-hybridized carbons (Fsp3) is 0.462. The Labute approximate surface area is 125 Å². The van der Waals surface area contributed by atoms with Crippen molar-refractivity contribution < 1.29 is 19.2 Å². The summed E-state index contributed by atoms with van der Waals surface area (Å²) < 4.78 is 13.4. The van der Waals surface area contributed by atoms with E-state index in [0.29, 0.717) is 25.9 Å². The average molecular weight is 317 g/mol. The Morgan fingerprint density at radius 3 is 2.52 bits per heavy atom. The van der Waals surface area contributed by atoms with Crippen LogP contribution in [0.4, 0.5) is 15.8 Å². The molecule has 1 aromatic carbocycles. The molecule has 2 rings (SSSR count). The molecule has 0 spiro atoms. The van der Waals surface area contributed by atoms with Gasteiger partial charge in [0.05, 0.1) is 21.4 Å². The predicted octanol–water partition coefficient (Wildman–Crippen LogP) is 3.08. The van der Waals surface area contributed by atoms with Crippen LogP contribution >= 0.6 is 11.6 Å². The lowest BCUT2D eigenvalue weighted by Crippen LogP contribution is -2.42. The fourth-order valence-corrected chi connectivity index (χ4v) is 2.54. The molecule has 21 heavy (non-hydrogen) atoms. The minimum Gasteiger partial charge on any atom is -0.481 e. The third kappa shape index (κ3) is 2.92. The van der Waals surface area contributed by atoms with Crippen LogP contribution in [0.5, 0.6) is 0 Å². The third-order valence-corrected chi connectivity index (χ3v) is 4.23. The lowest BCUT2D eigenvalue weighted by atomic mass is 9.80. The number of aliphatic carboxylic acids is 1. The molecule has 0 bridgehead atoms. The smallest absolute Gasteiger partial charge is 0.309 e. The van der Waals surface area contributed by atoms with Crippen molar-refractivity contribution in [3.8, 4) is 0 Å². The van der Waals surface area contributed by atoms with Crippen LogP contribution in [0.3, 0.4) is 0 Å². The van der Waals surface area contributed by atoms with E-state index in [0.717, 1.165) is 6.07 Å². The number of carbonyl (C=O) groups is 1. The monoisotopic (exact) mass is 316 g/mol. The number of nitro groups is 1. The van der Waals surface area contributed by atoms with E-state index in [1.165, 1.54) is 6.07 Å². The van der Waals surface area contributed by atoms with Crippen molar-refractivity contribution in [2.45, 2.75) is 19.8 Å². The standard InChI is InChI=1S/C13H14ClFN2O4/c1-13(12(18)19)2-4-16(5-3-13)10-6-8(14)9(15)7-11(10)17(20)21/h6-7H,2-5H2,1H3,(H,18,19). The van der Waals surface area contributed by atoms with E-state index >= 15 is 0 Å². The average Bonchev–Trinajstić information content (AvgIpc) is 2.42. The van der Waals surface area contributed by atoms with Gasteiger partial charge in [-0.15, -0.1) is 0 Å². The second-order valence-electron chi connectivity index (χ2n) is 5.37. The maximum atomic E-state index is 13.4. The van der Waals surface area contributed by atoms with Gasteiger partial charge in [-0.25, -0.2) is 4.39 Å². The lowest BCUT2D eigenvalue weighted by Gasteiger charge is -2.37. The number of nitrogens with zero attached hydrogens (tertiary/aromatic N) is 2. The largest absolute Gasteiger partial charge is 0.481 e. The highest BCUT2D eigenvalue weighted by atomic mass is 35.5. The molecule has 0 radical (unpaired) electrons. The molecule has 1 aliphatic rings. The molecule has 1 aliphatic heterocycles. The van der Waals surface area contributed by atoms with Gasteiger partial charge in [-0.2, -0.15) is 0 Å². The summed E-state index contributed by atoms with van der Waals surface area (Å²) in [7, 11) is 0. The normalized spacial score (nSPS) is 17.6. The van der Waals surface area contributed by atoms with Gasteiger partial charge in [0.25, 0.3) is 5.69 Å². The molecule has 1 heterocycles. The number of rotatable bonds is 3. The van der Waals surface area contributed by atoms with Crippen LogP contribution in [0.15, 0.2) is 12.1 Å². The minimum absolute atomic E-state index is 0.192. The first-order valence-corrected chi connectivity index (χ1v) is 6.74. The highest BCUT2D eigenvalue weighted by molar-refractivity contribution is 6.31. The second kappa shape index (κ2) is 5.48. The Morgan fingerprint density at radius 1 is 1.48 bits per heavy atom. The topological polar surface area (TPSA) is 83.7 Å². The van der Waals surface area contributed by atoms with Gasteiger partial charge in [0, 0.05) is 13.1 Å². The zero-order valence-electron chi connectivity index (χ0n) is 11.3. The van der Waals surface area contributed by atoms with Crippen molar-refractivity contribution in [2.75, 3.05) is 18.0 Å². The number of hydrogen-bond donors (Lipinski definition) is 1. The van der Waals surface area contributed by atoms with Crippen LogP contribution in [-0.4, -0.2) is 29.1 Å². The highest BCUT2D eigenvalue weighted by Gasteiger charge is 2.38. The Hall–Kier alpha value is -1.89. The van der Waals surface area contributed by atoms with Crippen molar-refractivity contribution in [1.29, 1.82) is 0 Å². The van der Waals surface area contributed by atoms with Gasteiger partial charge in [0.1, 0.15) is 11.5 Å². The quantitative estimate of drug-likeness (QED) is 0.684. The summed E-state index contributed by atoms with van der Waals surface area (Å²) in [5.74, 6) is -1.73. The van der Waals surface area contributed by atoms with E-state index < -0.39 is 22.1 Å². The summed E-state index contributed by atoms with van der Waals surface area (Å²) in [5, 5.41) is 20.0. The van der Waals surface area contributed by atoms with Crippen LogP contribution in [0, 0.1) is 21.3 Å². The molecule has 0 atom stereocenters. The van der Waals surface area contributed by atoms with Gasteiger partial charge in [-0.1, -0.05) is 11.6 Å². The molecule has 1 aromatic rings. The van der Waals surface area contributed by atoms with Crippen molar-refractivity contribution in [1.82, 2.24) is 0 Å². The molecule has 0 aliphatic carbocycles. The maximum absolute atomic E-state index is 13.4. The summed E-state index contributed by atoms with van der Waals surface area (Å²) in [6.07, 6.45) is 0.711. The maximum Gasteiger partial charge on any atom is 0.309 e. The Kier molecular flexibility index (Phi) is 4.04. The number of carboxylic acids is 1. The van der Waals surface area contributed by atoms with E-state index in [9.17, 15) is 24.4 Å². The zero-order chi connectivity index (χ0) is 15.8. The number of halogens is 2. The van der Waals surface area contributed by atoms with E-state index in [1.807, 2.05) is 0 Å². The van der Waals surface area contributed by atoms with E-state index in [1.54, 1.807) is 11.8 Å². The molecule has 114 valence electrons. The number of benzene rings is 1. The van der Waals surface area contributed by atoms with Crippen molar-refractivity contribution in [2.24, 2.45) is 5.41 Å². The summed E-state index contributed by atoms with van der Waals surface area (Å²) >= 11 is 5.70. The predicted molar refractivity (Wildman–Crippen MR) is 75.3 cm³/mol. The Balaban J connectivity index is 2.30. The molecular weight excluding hydrogens is 303 g/mol. The number of anilines is 1. The first-order chi connectivity index (χ1) is 9.74. The molecule has 1 saturated heterocycles. The zero-order valence-corrected chi connectivity index (χ0v) is 12.1. The molecule has 6 nitrogen and oxygen atoms in total. The van der Waals surface area contributed by atoms with Crippen LogP contribution in [0.2, 0.25) is 5.02 Å².